The molecule has 1 saturated carbocycles. The zero-order chi connectivity index (χ0) is 24.6. The molecule has 188 valence electrons. The van der Waals surface area contributed by atoms with Crippen LogP contribution in [0.4, 0.5) is 4.39 Å². The lowest BCUT2D eigenvalue weighted by Gasteiger charge is -2.33. The number of halogens is 1. The maximum Gasteiger partial charge on any atom is 0.304 e. The van der Waals surface area contributed by atoms with E-state index in [-0.39, 0.29) is 17.6 Å². The van der Waals surface area contributed by atoms with Crippen molar-refractivity contribution in [3.8, 4) is 5.75 Å². The molecule has 0 radical (unpaired) electrons. The molecule has 7 nitrogen and oxygen atoms in total. The van der Waals surface area contributed by atoms with Gasteiger partial charge >= 0.3 is 10.2 Å². The van der Waals surface area contributed by atoms with Gasteiger partial charge in [-0.25, -0.2) is 9.11 Å². The van der Waals surface area contributed by atoms with E-state index >= 15 is 4.39 Å². The number of likely N-dealkylation sites (tertiary alicyclic amines) is 1. The van der Waals surface area contributed by atoms with Crippen LogP contribution in [0.15, 0.2) is 36.4 Å². The molecule has 2 aromatic rings. The zero-order valence-electron chi connectivity index (χ0n) is 20.0. The van der Waals surface area contributed by atoms with E-state index < -0.39 is 21.9 Å². The summed E-state index contributed by atoms with van der Waals surface area (Å²) >= 11 is 0. The second-order valence-corrected chi connectivity index (χ2v) is 11.6. The van der Waals surface area contributed by atoms with E-state index in [0.717, 1.165) is 57.3 Å². The second kappa shape index (κ2) is 9.87. The van der Waals surface area contributed by atoms with Crippen LogP contribution >= 0.6 is 0 Å². The summed E-state index contributed by atoms with van der Waals surface area (Å²) in [5.74, 6) is -1.04. The van der Waals surface area contributed by atoms with Crippen molar-refractivity contribution in [3.63, 3.8) is 0 Å². The summed E-state index contributed by atoms with van der Waals surface area (Å²) in [7, 11) is -3.94. The molecule has 1 atom stereocenters. The Balaban J connectivity index is 1.29. The Hall–Kier alpha value is -2.49. The summed E-state index contributed by atoms with van der Waals surface area (Å²) in [5, 5.41) is 0. The molecule has 5 rings (SSSR count). The topological polar surface area (TPSA) is 79.0 Å². The van der Waals surface area contributed by atoms with Gasteiger partial charge < -0.3 is 4.74 Å². The zero-order valence-corrected chi connectivity index (χ0v) is 20.8. The van der Waals surface area contributed by atoms with E-state index in [0.29, 0.717) is 18.8 Å². The largest absolute Gasteiger partial charge is 0.489 e. The number of carbonyl (C=O) groups excluding carboxylic acids is 1. The molecule has 0 bridgehead atoms. The summed E-state index contributed by atoms with van der Waals surface area (Å²) in [4.78, 5) is 15.0. The quantitative estimate of drug-likeness (QED) is 0.596. The van der Waals surface area contributed by atoms with Crippen LogP contribution in [0, 0.1) is 12.7 Å². The number of hydrogen-bond donors (Lipinski definition) is 1. The minimum absolute atomic E-state index is 0.0717. The fourth-order valence-corrected chi connectivity index (χ4v) is 5.92. The average molecular weight is 502 g/mol. The molecule has 3 fully saturated rings. The Kier molecular flexibility index (Phi) is 6.83. The van der Waals surface area contributed by atoms with E-state index in [1.165, 1.54) is 27.6 Å². The molecule has 9 heteroatoms. The highest BCUT2D eigenvalue weighted by Crippen LogP contribution is 2.45. The van der Waals surface area contributed by atoms with E-state index in [4.69, 9.17) is 4.74 Å². The lowest BCUT2D eigenvalue weighted by Crippen LogP contribution is -2.49. The van der Waals surface area contributed by atoms with Crippen molar-refractivity contribution in [1.82, 2.24) is 13.9 Å². The molecule has 2 saturated heterocycles. The van der Waals surface area contributed by atoms with Crippen molar-refractivity contribution in [3.05, 3.63) is 64.5 Å². The smallest absolute Gasteiger partial charge is 0.304 e. The molecule has 0 aromatic heterocycles. The van der Waals surface area contributed by atoms with Crippen LogP contribution in [0.25, 0.3) is 0 Å². The molecule has 0 spiro atoms. The molecule has 35 heavy (non-hydrogen) atoms. The Bertz CT molecular complexity index is 1190. The summed E-state index contributed by atoms with van der Waals surface area (Å²) in [6.45, 7) is 5.39. The molecule has 0 unspecified atom stereocenters. The number of nitrogens with one attached hydrogen (secondary N) is 1. The van der Waals surface area contributed by atoms with Crippen LogP contribution in [-0.2, 0) is 16.8 Å². The highest BCUT2D eigenvalue weighted by atomic mass is 32.2. The van der Waals surface area contributed by atoms with E-state index in [1.54, 1.807) is 0 Å². The van der Waals surface area contributed by atoms with Crippen LogP contribution in [-0.4, -0.2) is 55.8 Å². The Morgan fingerprint density at radius 2 is 1.83 bits per heavy atom. The fraction of sp³-hybridized carbons (Fsp3) is 0.500. The number of ether oxygens (including phenoxy) is 1. The van der Waals surface area contributed by atoms with Gasteiger partial charge in [0, 0.05) is 32.2 Å². The predicted molar refractivity (Wildman–Crippen MR) is 131 cm³/mol. The van der Waals surface area contributed by atoms with Gasteiger partial charge in [0.2, 0.25) is 0 Å². The third-order valence-corrected chi connectivity index (χ3v) is 8.51. The third-order valence-electron chi connectivity index (χ3n) is 7.02. The van der Waals surface area contributed by atoms with Crippen molar-refractivity contribution in [1.29, 1.82) is 0 Å². The highest BCUT2D eigenvalue weighted by Gasteiger charge is 2.33. The van der Waals surface area contributed by atoms with Gasteiger partial charge in [0.15, 0.2) is 0 Å². The van der Waals surface area contributed by atoms with E-state index in [2.05, 4.69) is 36.1 Å². The van der Waals surface area contributed by atoms with Crippen LogP contribution in [0.2, 0.25) is 0 Å². The summed E-state index contributed by atoms with van der Waals surface area (Å²) in [6.07, 6.45) is 4.44. The second-order valence-electron chi connectivity index (χ2n) is 9.94. The third kappa shape index (κ3) is 5.68. The number of hydrogen-bond acceptors (Lipinski definition) is 5. The first-order valence-electron chi connectivity index (χ1n) is 12.4. The van der Waals surface area contributed by atoms with Gasteiger partial charge in [0.25, 0.3) is 5.91 Å². The molecule has 2 aromatic carbocycles. The molecule has 2 aliphatic heterocycles. The van der Waals surface area contributed by atoms with Crippen molar-refractivity contribution < 1.29 is 22.3 Å². The standard InChI is InChI=1S/C26H32FN3O4S/c1-18-5-7-19(8-6-18)16-29-11-2-4-21(17-29)34-25-15-24(27)23(14-22(25)20-9-10-20)26(31)28-35(32,33)30-12-3-13-30/h5-8,14-15,20-21H,2-4,9-13,16-17H2,1H3,(H,28,31)/t21-/m1/s1. The highest BCUT2D eigenvalue weighted by molar-refractivity contribution is 7.87. The van der Waals surface area contributed by atoms with Gasteiger partial charge in [-0.05, 0) is 68.7 Å². The maximum absolute atomic E-state index is 15.0. The minimum atomic E-state index is -3.94. The molecule has 1 N–H and O–H groups in total. The van der Waals surface area contributed by atoms with Gasteiger partial charge in [-0.15, -0.1) is 0 Å². The number of benzene rings is 2. The molecule has 1 aliphatic carbocycles. The fourth-order valence-electron chi connectivity index (χ4n) is 4.71. The first kappa shape index (κ1) is 24.2. The molecular formula is C26H32FN3O4S. The van der Waals surface area contributed by atoms with Crippen molar-refractivity contribution in [2.24, 2.45) is 0 Å². The maximum atomic E-state index is 15.0. The Morgan fingerprint density at radius 3 is 2.49 bits per heavy atom. The number of piperidine rings is 1. The number of nitrogens with zero attached hydrogens (tertiary/aromatic N) is 2. The van der Waals surface area contributed by atoms with Gasteiger partial charge in [0.1, 0.15) is 17.7 Å². The van der Waals surface area contributed by atoms with E-state index in [9.17, 15) is 13.2 Å². The summed E-state index contributed by atoms with van der Waals surface area (Å²) < 4.78 is 49.1. The average Bonchev–Trinajstić information content (AvgIpc) is 3.59. The molecular weight excluding hydrogens is 469 g/mol. The predicted octanol–water partition coefficient (Wildman–Crippen LogP) is 3.74. The number of amides is 1. The van der Waals surface area contributed by atoms with Crippen molar-refractivity contribution >= 4 is 16.1 Å². The molecule has 1 amide bonds. The Labute approximate surface area is 206 Å². The number of carbonyl (C=O) groups is 1. The van der Waals surface area contributed by atoms with Crippen LogP contribution in [0.1, 0.15) is 65.1 Å². The van der Waals surface area contributed by atoms with Gasteiger partial charge in [0.05, 0.1) is 5.56 Å². The van der Waals surface area contributed by atoms with Gasteiger partial charge in [-0.2, -0.15) is 12.7 Å². The van der Waals surface area contributed by atoms with Crippen molar-refractivity contribution in [2.45, 2.75) is 57.6 Å². The molecule has 3 aliphatic rings. The summed E-state index contributed by atoms with van der Waals surface area (Å²) in [6, 6.07) is 11.3. The van der Waals surface area contributed by atoms with Crippen LogP contribution in [0.5, 0.6) is 5.75 Å². The minimum Gasteiger partial charge on any atom is -0.489 e. The van der Waals surface area contributed by atoms with Gasteiger partial charge in [-0.1, -0.05) is 29.8 Å². The van der Waals surface area contributed by atoms with E-state index in [1.807, 2.05) is 4.72 Å². The first-order chi connectivity index (χ1) is 16.8. The first-order valence-corrected chi connectivity index (χ1v) is 13.8. The number of aryl methyl sites for hydroxylation is 1. The van der Waals surface area contributed by atoms with Crippen molar-refractivity contribution in [2.75, 3.05) is 26.2 Å². The SMILES string of the molecule is Cc1ccc(CN2CCC[C@@H](Oc3cc(F)c(C(=O)NS(=O)(=O)N4CCC4)cc3C3CC3)C2)cc1. The van der Waals surface area contributed by atoms with Gasteiger partial charge in [-0.3, -0.25) is 9.69 Å². The lowest BCUT2D eigenvalue weighted by atomic mass is 10.0. The molecule has 2 heterocycles. The van der Waals surface area contributed by atoms with Crippen LogP contribution in [0.3, 0.4) is 0 Å². The number of rotatable bonds is 8. The summed E-state index contributed by atoms with van der Waals surface area (Å²) in [5.41, 5.74) is 3.02. The normalized spacial score (nSPS) is 21.4. The monoisotopic (exact) mass is 501 g/mol. The van der Waals surface area contributed by atoms with Crippen LogP contribution < -0.4 is 9.46 Å². The Morgan fingerprint density at radius 1 is 1.09 bits per heavy atom. The lowest BCUT2D eigenvalue weighted by molar-refractivity contribution is 0.0832.